The standard InChI is InChI=1S/C11H12BrClN4/c12-9-6-5-8-10(14-7-3-1-2-4-7)15-11(13)16-17(8)9/h5-7H,1-4H2,(H,14,15,16). The third-order valence-electron chi connectivity index (χ3n) is 3.13. The van der Waals surface area contributed by atoms with Crippen molar-refractivity contribution >= 4 is 38.9 Å². The predicted octanol–water partition coefficient (Wildman–Crippen LogP) is 3.50. The normalized spacial score (nSPS) is 16.8. The van der Waals surface area contributed by atoms with Crippen LogP contribution < -0.4 is 5.32 Å². The molecular weight excluding hydrogens is 304 g/mol. The Balaban J connectivity index is 2.02. The fourth-order valence-electron chi connectivity index (χ4n) is 2.31. The minimum absolute atomic E-state index is 0.259. The first-order valence-corrected chi connectivity index (χ1v) is 6.88. The van der Waals surface area contributed by atoms with Crippen LogP contribution in [0.3, 0.4) is 0 Å². The molecule has 2 aromatic heterocycles. The van der Waals surface area contributed by atoms with Crippen LogP contribution in [0.15, 0.2) is 16.7 Å². The van der Waals surface area contributed by atoms with Crippen LogP contribution in [0.2, 0.25) is 5.28 Å². The van der Waals surface area contributed by atoms with Gasteiger partial charge in [-0.05, 0) is 52.5 Å². The summed E-state index contributed by atoms with van der Waals surface area (Å²) in [5.74, 6) is 0.822. The van der Waals surface area contributed by atoms with Crippen LogP contribution >= 0.6 is 27.5 Å². The van der Waals surface area contributed by atoms with Crippen molar-refractivity contribution in [1.82, 2.24) is 14.6 Å². The van der Waals surface area contributed by atoms with Gasteiger partial charge in [0.1, 0.15) is 10.1 Å². The molecule has 1 aliphatic carbocycles. The van der Waals surface area contributed by atoms with Gasteiger partial charge in [0.05, 0.1) is 0 Å². The topological polar surface area (TPSA) is 42.2 Å². The molecule has 0 bridgehead atoms. The average molecular weight is 316 g/mol. The monoisotopic (exact) mass is 314 g/mol. The van der Waals surface area contributed by atoms with Crippen LogP contribution in [0.4, 0.5) is 5.82 Å². The van der Waals surface area contributed by atoms with E-state index < -0.39 is 0 Å². The fraction of sp³-hybridized carbons (Fsp3) is 0.455. The van der Waals surface area contributed by atoms with E-state index in [0.29, 0.717) is 6.04 Å². The van der Waals surface area contributed by atoms with Crippen molar-refractivity contribution in [1.29, 1.82) is 0 Å². The molecule has 0 aromatic carbocycles. The maximum absolute atomic E-state index is 5.93. The van der Waals surface area contributed by atoms with Gasteiger partial charge >= 0.3 is 0 Å². The van der Waals surface area contributed by atoms with E-state index in [0.717, 1.165) is 15.9 Å². The summed E-state index contributed by atoms with van der Waals surface area (Å²) >= 11 is 9.37. The SMILES string of the molecule is Clc1nc(NC2CCCC2)c2ccc(Br)n2n1. The molecule has 1 aliphatic rings. The summed E-state index contributed by atoms with van der Waals surface area (Å²) in [4.78, 5) is 4.28. The molecule has 0 spiro atoms. The highest BCUT2D eigenvalue weighted by molar-refractivity contribution is 9.10. The molecular formula is C11H12BrClN4. The van der Waals surface area contributed by atoms with Crippen molar-refractivity contribution in [3.8, 4) is 0 Å². The number of hydrogen-bond donors (Lipinski definition) is 1. The minimum Gasteiger partial charge on any atom is -0.365 e. The molecule has 0 unspecified atom stereocenters. The van der Waals surface area contributed by atoms with Crippen molar-refractivity contribution in [2.24, 2.45) is 0 Å². The molecule has 0 atom stereocenters. The molecule has 1 fully saturated rings. The summed E-state index contributed by atoms with van der Waals surface area (Å²) in [6.07, 6.45) is 4.99. The van der Waals surface area contributed by atoms with E-state index in [2.05, 4.69) is 31.3 Å². The van der Waals surface area contributed by atoms with E-state index in [1.165, 1.54) is 25.7 Å². The first-order valence-electron chi connectivity index (χ1n) is 5.71. The van der Waals surface area contributed by atoms with Crippen molar-refractivity contribution in [2.75, 3.05) is 5.32 Å². The molecule has 17 heavy (non-hydrogen) atoms. The van der Waals surface area contributed by atoms with E-state index in [1.54, 1.807) is 4.52 Å². The van der Waals surface area contributed by atoms with Crippen LogP contribution in [0.1, 0.15) is 25.7 Å². The zero-order valence-electron chi connectivity index (χ0n) is 9.16. The van der Waals surface area contributed by atoms with E-state index in [9.17, 15) is 0 Å². The third kappa shape index (κ3) is 2.13. The number of hydrogen-bond acceptors (Lipinski definition) is 3. The van der Waals surface area contributed by atoms with Gasteiger partial charge in [-0.3, -0.25) is 0 Å². The Hall–Kier alpha value is -0.810. The van der Waals surface area contributed by atoms with Crippen LogP contribution in [0.5, 0.6) is 0 Å². The summed E-state index contributed by atoms with van der Waals surface area (Å²) in [5, 5.41) is 7.87. The lowest BCUT2D eigenvalue weighted by atomic mass is 10.2. The zero-order chi connectivity index (χ0) is 11.8. The summed E-state index contributed by atoms with van der Waals surface area (Å²) in [7, 11) is 0. The summed E-state index contributed by atoms with van der Waals surface area (Å²) < 4.78 is 2.64. The summed E-state index contributed by atoms with van der Waals surface area (Å²) in [6.45, 7) is 0. The lowest BCUT2D eigenvalue weighted by molar-refractivity contribution is 0.747. The lowest BCUT2D eigenvalue weighted by Crippen LogP contribution is -2.16. The van der Waals surface area contributed by atoms with E-state index >= 15 is 0 Å². The molecule has 4 nitrogen and oxygen atoms in total. The van der Waals surface area contributed by atoms with E-state index in [4.69, 9.17) is 11.6 Å². The number of aromatic nitrogens is 3. The summed E-state index contributed by atoms with van der Waals surface area (Å²) in [5.41, 5.74) is 0.952. The maximum Gasteiger partial charge on any atom is 0.243 e. The second-order valence-electron chi connectivity index (χ2n) is 4.31. The van der Waals surface area contributed by atoms with Crippen molar-refractivity contribution < 1.29 is 0 Å². The number of halogens is 2. The Morgan fingerprint density at radius 2 is 2.12 bits per heavy atom. The predicted molar refractivity (Wildman–Crippen MR) is 71.6 cm³/mol. The Labute approximate surface area is 112 Å². The molecule has 0 aliphatic heterocycles. The molecule has 2 heterocycles. The highest BCUT2D eigenvalue weighted by Crippen LogP contribution is 2.26. The van der Waals surface area contributed by atoms with Gasteiger partial charge in [-0.25, -0.2) is 4.52 Å². The second-order valence-corrected chi connectivity index (χ2v) is 5.46. The van der Waals surface area contributed by atoms with E-state index in [1.807, 2.05) is 12.1 Å². The maximum atomic E-state index is 5.93. The number of anilines is 1. The van der Waals surface area contributed by atoms with Crippen LogP contribution in [-0.2, 0) is 0 Å². The first kappa shape index (κ1) is 11.3. The van der Waals surface area contributed by atoms with Crippen molar-refractivity contribution in [3.05, 3.63) is 22.0 Å². The van der Waals surface area contributed by atoms with Gasteiger partial charge in [-0.2, -0.15) is 4.98 Å². The van der Waals surface area contributed by atoms with Gasteiger partial charge < -0.3 is 5.32 Å². The average Bonchev–Trinajstić information content (AvgIpc) is 2.90. The molecule has 1 N–H and O–H groups in total. The molecule has 6 heteroatoms. The number of nitrogens with zero attached hydrogens (tertiary/aromatic N) is 3. The van der Waals surface area contributed by atoms with Crippen LogP contribution in [0.25, 0.3) is 5.52 Å². The van der Waals surface area contributed by atoms with Crippen LogP contribution in [0, 0.1) is 0 Å². The van der Waals surface area contributed by atoms with Gasteiger partial charge in [0.15, 0.2) is 5.82 Å². The van der Waals surface area contributed by atoms with Gasteiger partial charge in [0.25, 0.3) is 0 Å². The molecule has 0 radical (unpaired) electrons. The van der Waals surface area contributed by atoms with Gasteiger partial charge in [0.2, 0.25) is 5.28 Å². The second kappa shape index (κ2) is 4.46. The smallest absolute Gasteiger partial charge is 0.243 e. The highest BCUT2D eigenvalue weighted by Gasteiger charge is 2.17. The zero-order valence-corrected chi connectivity index (χ0v) is 11.5. The van der Waals surface area contributed by atoms with Gasteiger partial charge in [-0.1, -0.05) is 12.8 Å². The minimum atomic E-state index is 0.259. The molecule has 0 amide bonds. The number of rotatable bonds is 2. The molecule has 0 saturated heterocycles. The first-order chi connectivity index (χ1) is 8.24. The largest absolute Gasteiger partial charge is 0.365 e. The number of fused-ring (bicyclic) bond motifs is 1. The number of nitrogens with one attached hydrogen (secondary N) is 1. The van der Waals surface area contributed by atoms with Gasteiger partial charge in [0, 0.05) is 6.04 Å². The van der Waals surface area contributed by atoms with Gasteiger partial charge in [-0.15, -0.1) is 5.10 Å². The highest BCUT2D eigenvalue weighted by atomic mass is 79.9. The Bertz CT molecular complexity index is 548. The van der Waals surface area contributed by atoms with Crippen LogP contribution in [-0.4, -0.2) is 20.6 Å². The third-order valence-corrected chi connectivity index (χ3v) is 3.89. The molecule has 90 valence electrons. The molecule has 3 rings (SSSR count). The van der Waals surface area contributed by atoms with Crippen molar-refractivity contribution in [2.45, 2.75) is 31.7 Å². The Morgan fingerprint density at radius 1 is 1.35 bits per heavy atom. The molecule has 2 aromatic rings. The quantitative estimate of drug-likeness (QED) is 0.922. The van der Waals surface area contributed by atoms with Crippen molar-refractivity contribution in [3.63, 3.8) is 0 Å². The Morgan fingerprint density at radius 3 is 2.88 bits per heavy atom. The lowest BCUT2D eigenvalue weighted by Gasteiger charge is -2.13. The van der Waals surface area contributed by atoms with E-state index in [-0.39, 0.29) is 5.28 Å². The summed E-state index contributed by atoms with van der Waals surface area (Å²) in [6, 6.07) is 4.44. The fourth-order valence-corrected chi connectivity index (χ4v) is 2.87. The Kier molecular flexibility index (Phi) is 2.96. The molecule has 1 saturated carbocycles.